The van der Waals surface area contributed by atoms with E-state index in [2.05, 4.69) is 20.5 Å². The van der Waals surface area contributed by atoms with Crippen molar-refractivity contribution in [2.45, 2.75) is 0 Å². The standard InChI is InChI=1S/C12H12N6O/c1-17(2)12-14-11(19-15-12)9-4-3-5-10(8-9)18-7-6-13-16-18/h3-8H,1-2H3. The van der Waals surface area contributed by atoms with Gasteiger partial charge in [0.1, 0.15) is 0 Å². The highest BCUT2D eigenvalue weighted by atomic mass is 16.5. The highest BCUT2D eigenvalue weighted by Crippen LogP contribution is 2.21. The molecule has 2 aromatic heterocycles. The number of hydrogen-bond acceptors (Lipinski definition) is 6. The molecule has 0 amide bonds. The predicted molar refractivity (Wildman–Crippen MR) is 69.0 cm³/mol. The van der Waals surface area contributed by atoms with Crippen molar-refractivity contribution in [1.82, 2.24) is 25.1 Å². The monoisotopic (exact) mass is 256 g/mol. The van der Waals surface area contributed by atoms with Gasteiger partial charge in [-0.15, -0.1) is 5.10 Å². The van der Waals surface area contributed by atoms with Gasteiger partial charge in [0.25, 0.3) is 11.8 Å². The minimum absolute atomic E-state index is 0.477. The van der Waals surface area contributed by atoms with Crippen molar-refractivity contribution in [3.8, 4) is 17.1 Å². The van der Waals surface area contributed by atoms with E-state index in [9.17, 15) is 0 Å². The molecule has 7 heteroatoms. The molecule has 0 aliphatic heterocycles. The van der Waals surface area contributed by atoms with Crippen LogP contribution in [-0.4, -0.2) is 39.2 Å². The Labute approximate surface area is 109 Å². The summed E-state index contributed by atoms with van der Waals surface area (Å²) in [4.78, 5) is 6.09. The van der Waals surface area contributed by atoms with Crippen LogP contribution in [0.15, 0.2) is 41.2 Å². The Morgan fingerprint density at radius 2 is 2.16 bits per heavy atom. The first kappa shape index (κ1) is 11.4. The van der Waals surface area contributed by atoms with Gasteiger partial charge < -0.3 is 9.42 Å². The fourth-order valence-electron chi connectivity index (χ4n) is 1.64. The largest absolute Gasteiger partial charge is 0.344 e. The normalized spacial score (nSPS) is 10.6. The van der Waals surface area contributed by atoms with Crippen molar-refractivity contribution in [3.05, 3.63) is 36.7 Å². The predicted octanol–water partition coefficient (Wildman–Crippen LogP) is 1.38. The second kappa shape index (κ2) is 4.52. The average Bonchev–Trinajstić information content (AvgIpc) is 3.10. The van der Waals surface area contributed by atoms with Crippen molar-refractivity contribution in [2.24, 2.45) is 0 Å². The third kappa shape index (κ3) is 2.17. The van der Waals surface area contributed by atoms with Crippen LogP contribution in [-0.2, 0) is 0 Å². The molecule has 0 bridgehead atoms. The molecule has 3 aromatic rings. The topological polar surface area (TPSA) is 72.9 Å². The second-order valence-corrected chi connectivity index (χ2v) is 4.19. The highest BCUT2D eigenvalue weighted by Gasteiger charge is 2.10. The molecule has 0 aliphatic carbocycles. The Bertz CT molecular complexity index is 673. The van der Waals surface area contributed by atoms with Gasteiger partial charge in [0.2, 0.25) is 0 Å². The summed E-state index contributed by atoms with van der Waals surface area (Å²) in [6, 6.07) is 7.67. The van der Waals surface area contributed by atoms with E-state index in [-0.39, 0.29) is 0 Å². The van der Waals surface area contributed by atoms with Gasteiger partial charge in [-0.25, -0.2) is 4.68 Å². The first-order valence-corrected chi connectivity index (χ1v) is 5.72. The van der Waals surface area contributed by atoms with Gasteiger partial charge in [-0.1, -0.05) is 11.3 Å². The van der Waals surface area contributed by atoms with Crippen LogP contribution < -0.4 is 4.90 Å². The van der Waals surface area contributed by atoms with E-state index in [0.717, 1.165) is 11.3 Å². The van der Waals surface area contributed by atoms with Crippen LogP contribution in [0.2, 0.25) is 0 Å². The molecule has 19 heavy (non-hydrogen) atoms. The molecule has 0 aliphatic rings. The quantitative estimate of drug-likeness (QED) is 0.705. The first-order valence-electron chi connectivity index (χ1n) is 5.72. The molecule has 0 N–H and O–H groups in total. The third-order valence-corrected chi connectivity index (χ3v) is 2.60. The maximum absolute atomic E-state index is 5.24. The Hall–Kier alpha value is -2.70. The zero-order valence-corrected chi connectivity index (χ0v) is 10.6. The third-order valence-electron chi connectivity index (χ3n) is 2.60. The van der Waals surface area contributed by atoms with Crippen LogP contribution >= 0.6 is 0 Å². The number of aromatic nitrogens is 5. The molecule has 0 radical (unpaired) electrons. The van der Waals surface area contributed by atoms with E-state index in [4.69, 9.17) is 4.52 Å². The first-order chi connectivity index (χ1) is 9.24. The number of anilines is 1. The summed E-state index contributed by atoms with van der Waals surface area (Å²) in [5.74, 6) is 1.02. The van der Waals surface area contributed by atoms with Crippen LogP contribution in [0.3, 0.4) is 0 Å². The van der Waals surface area contributed by atoms with Crippen LogP contribution in [0.4, 0.5) is 5.95 Å². The minimum Gasteiger partial charge on any atom is -0.344 e. The van der Waals surface area contributed by atoms with E-state index in [1.54, 1.807) is 22.0 Å². The molecule has 2 heterocycles. The maximum Gasteiger partial charge on any atom is 0.265 e. The van der Waals surface area contributed by atoms with Crippen molar-refractivity contribution in [1.29, 1.82) is 0 Å². The Balaban J connectivity index is 1.99. The van der Waals surface area contributed by atoms with E-state index < -0.39 is 0 Å². The number of hydrogen-bond donors (Lipinski definition) is 0. The van der Waals surface area contributed by atoms with Crippen molar-refractivity contribution in [3.63, 3.8) is 0 Å². The molecular formula is C12H12N6O. The van der Waals surface area contributed by atoms with E-state index in [1.165, 1.54) is 0 Å². The SMILES string of the molecule is CN(C)c1noc(-c2cccc(-n3ccnn3)c2)n1. The zero-order chi connectivity index (χ0) is 13.2. The van der Waals surface area contributed by atoms with Crippen LogP contribution in [0.1, 0.15) is 0 Å². The Morgan fingerprint density at radius 3 is 2.84 bits per heavy atom. The van der Waals surface area contributed by atoms with Gasteiger partial charge in [-0.05, 0) is 23.4 Å². The second-order valence-electron chi connectivity index (χ2n) is 4.19. The molecule has 96 valence electrons. The summed E-state index contributed by atoms with van der Waals surface area (Å²) in [5, 5.41) is 11.6. The Morgan fingerprint density at radius 1 is 1.26 bits per heavy atom. The van der Waals surface area contributed by atoms with Crippen LogP contribution in [0.25, 0.3) is 17.1 Å². The van der Waals surface area contributed by atoms with Crippen molar-refractivity contribution >= 4 is 5.95 Å². The fourth-order valence-corrected chi connectivity index (χ4v) is 1.64. The van der Waals surface area contributed by atoms with Crippen molar-refractivity contribution in [2.75, 3.05) is 19.0 Å². The van der Waals surface area contributed by atoms with E-state index in [1.807, 2.05) is 38.4 Å². The van der Waals surface area contributed by atoms with Gasteiger partial charge in [-0.3, -0.25) is 0 Å². The van der Waals surface area contributed by atoms with Gasteiger partial charge in [-0.2, -0.15) is 4.98 Å². The summed E-state index contributed by atoms with van der Waals surface area (Å²) >= 11 is 0. The van der Waals surface area contributed by atoms with Crippen LogP contribution in [0, 0.1) is 0 Å². The molecule has 0 saturated heterocycles. The zero-order valence-electron chi connectivity index (χ0n) is 10.6. The molecule has 0 saturated carbocycles. The van der Waals surface area contributed by atoms with Crippen LogP contribution in [0.5, 0.6) is 0 Å². The molecule has 0 atom stereocenters. The minimum atomic E-state index is 0.477. The van der Waals surface area contributed by atoms with Gasteiger partial charge in [0, 0.05) is 19.7 Å². The number of benzene rings is 1. The Kier molecular flexibility index (Phi) is 2.71. The number of rotatable bonds is 3. The van der Waals surface area contributed by atoms with E-state index in [0.29, 0.717) is 11.8 Å². The summed E-state index contributed by atoms with van der Waals surface area (Å²) in [6.07, 6.45) is 3.40. The molecule has 0 spiro atoms. The lowest BCUT2D eigenvalue weighted by molar-refractivity contribution is 0.431. The van der Waals surface area contributed by atoms with Crippen molar-refractivity contribution < 1.29 is 4.52 Å². The lowest BCUT2D eigenvalue weighted by Crippen LogP contribution is -2.10. The van der Waals surface area contributed by atoms with Gasteiger partial charge >= 0.3 is 0 Å². The molecule has 0 fully saturated rings. The molecule has 7 nitrogen and oxygen atoms in total. The summed E-state index contributed by atoms with van der Waals surface area (Å²) in [6.45, 7) is 0. The van der Waals surface area contributed by atoms with Gasteiger partial charge in [0.15, 0.2) is 0 Å². The highest BCUT2D eigenvalue weighted by molar-refractivity contribution is 5.58. The lowest BCUT2D eigenvalue weighted by atomic mass is 10.2. The molecule has 1 aromatic carbocycles. The smallest absolute Gasteiger partial charge is 0.265 e. The fraction of sp³-hybridized carbons (Fsp3) is 0.167. The maximum atomic E-state index is 5.24. The summed E-state index contributed by atoms with van der Waals surface area (Å²) in [7, 11) is 3.72. The number of nitrogens with zero attached hydrogens (tertiary/aromatic N) is 6. The lowest BCUT2D eigenvalue weighted by Gasteiger charge is -2.03. The van der Waals surface area contributed by atoms with Gasteiger partial charge in [0.05, 0.1) is 18.1 Å². The summed E-state index contributed by atoms with van der Waals surface area (Å²) in [5.41, 5.74) is 1.73. The summed E-state index contributed by atoms with van der Waals surface area (Å²) < 4.78 is 6.91. The molecule has 0 unspecified atom stereocenters. The molecular weight excluding hydrogens is 244 g/mol. The average molecular weight is 256 g/mol. The molecule has 3 rings (SSSR count). The van der Waals surface area contributed by atoms with E-state index >= 15 is 0 Å².